The maximum Gasteiger partial charge on any atom is 0.185 e. The van der Waals surface area contributed by atoms with Crippen LogP contribution < -0.4 is 10.2 Å². The molecule has 20 heavy (non-hydrogen) atoms. The number of nitrogens with zero attached hydrogens (tertiary/aromatic N) is 2. The van der Waals surface area contributed by atoms with Crippen LogP contribution in [0, 0.1) is 0 Å². The van der Waals surface area contributed by atoms with Crippen molar-refractivity contribution in [3.63, 3.8) is 0 Å². The molecule has 1 unspecified atom stereocenters. The maximum atomic E-state index is 5.46. The molecule has 1 aromatic rings. The molecule has 2 heterocycles. The fourth-order valence-electron chi connectivity index (χ4n) is 2.68. The molecule has 112 valence electrons. The fourth-order valence-corrected chi connectivity index (χ4v) is 3.88. The Morgan fingerprint density at radius 3 is 2.80 bits per heavy atom. The molecule has 5 heteroatoms. The maximum absolute atomic E-state index is 5.46. The zero-order valence-electron chi connectivity index (χ0n) is 12.7. The standard InChI is InChI=1S/C15H25N3OS/c1-10(2)14-13(8-16-11-4-5-11)20-15(17-14)18-7-6-12(9-18)19-3/h10-12,16H,4-9H2,1-3H3. The van der Waals surface area contributed by atoms with Crippen molar-refractivity contribution < 1.29 is 4.74 Å². The molecular formula is C15H25N3OS. The predicted molar refractivity (Wildman–Crippen MR) is 83.7 cm³/mol. The predicted octanol–water partition coefficient (Wildman–Crippen LogP) is 2.74. The topological polar surface area (TPSA) is 37.4 Å². The molecule has 1 N–H and O–H groups in total. The Balaban J connectivity index is 1.72. The summed E-state index contributed by atoms with van der Waals surface area (Å²) in [5.41, 5.74) is 1.28. The summed E-state index contributed by atoms with van der Waals surface area (Å²) < 4.78 is 5.46. The van der Waals surface area contributed by atoms with Gasteiger partial charge in [0.25, 0.3) is 0 Å². The minimum absolute atomic E-state index is 0.370. The van der Waals surface area contributed by atoms with Gasteiger partial charge in [-0.05, 0) is 25.2 Å². The number of nitrogens with one attached hydrogen (secondary N) is 1. The Hall–Kier alpha value is -0.650. The van der Waals surface area contributed by atoms with Gasteiger partial charge in [0.15, 0.2) is 5.13 Å². The highest BCUT2D eigenvalue weighted by atomic mass is 32.1. The van der Waals surface area contributed by atoms with Crippen LogP contribution in [0.2, 0.25) is 0 Å². The largest absolute Gasteiger partial charge is 0.380 e. The zero-order valence-corrected chi connectivity index (χ0v) is 13.5. The van der Waals surface area contributed by atoms with Crippen molar-refractivity contribution >= 4 is 16.5 Å². The van der Waals surface area contributed by atoms with Crippen LogP contribution in [-0.4, -0.2) is 37.3 Å². The Morgan fingerprint density at radius 1 is 1.40 bits per heavy atom. The van der Waals surface area contributed by atoms with Crippen LogP contribution in [0.15, 0.2) is 0 Å². The minimum Gasteiger partial charge on any atom is -0.380 e. The van der Waals surface area contributed by atoms with Crippen LogP contribution in [0.25, 0.3) is 0 Å². The van der Waals surface area contributed by atoms with Crippen molar-refractivity contribution in [2.45, 2.75) is 57.7 Å². The second-order valence-corrected chi connectivity index (χ2v) is 7.27. The zero-order chi connectivity index (χ0) is 14.1. The smallest absolute Gasteiger partial charge is 0.185 e. The Bertz CT molecular complexity index is 456. The van der Waals surface area contributed by atoms with Gasteiger partial charge in [-0.25, -0.2) is 4.98 Å². The van der Waals surface area contributed by atoms with Gasteiger partial charge >= 0.3 is 0 Å². The number of rotatable bonds is 6. The van der Waals surface area contributed by atoms with Crippen molar-refractivity contribution in [1.29, 1.82) is 0 Å². The summed E-state index contributed by atoms with van der Waals surface area (Å²) in [7, 11) is 1.81. The summed E-state index contributed by atoms with van der Waals surface area (Å²) >= 11 is 1.86. The molecule has 1 saturated carbocycles. The van der Waals surface area contributed by atoms with E-state index in [4.69, 9.17) is 9.72 Å². The van der Waals surface area contributed by atoms with E-state index in [9.17, 15) is 0 Å². The first-order valence-electron chi connectivity index (χ1n) is 7.68. The lowest BCUT2D eigenvalue weighted by Gasteiger charge is -2.14. The van der Waals surface area contributed by atoms with Gasteiger partial charge in [-0.2, -0.15) is 0 Å². The lowest BCUT2D eigenvalue weighted by Crippen LogP contribution is -2.21. The molecule has 1 saturated heterocycles. The Labute approximate surface area is 125 Å². The van der Waals surface area contributed by atoms with Gasteiger partial charge in [0, 0.05) is 37.7 Å². The van der Waals surface area contributed by atoms with Gasteiger partial charge in [0.2, 0.25) is 0 Å². The molecule has 2 fully saturated rings. The molecule has 0 spiro atoms. The normalized spacial score (nSPS) is 23.0. The number of anilines is 1. The number of aromatic nitrogens is 1. The van der Waals surface area contributed by atoms with E-state index in [-0.39, 0.29) is 0 Å². The van der Waals surface area contributed by atoms with E-state index in [1.807, 2.05) is 11.3 Å². The summed E-state index contributed by atoms with van der Waals surface area (Å²) in [5, 5.41) is 4.80. The van der Waals surface area contributed by atoms with Gasteiger partial charge in [-0.3, -0.25) is 0 Å². The lowest BCUT2D eigenvalue weighted by atomic mass is 10.1. The SMILES string of the molecule is COC1CCN(c2nc(C(C)C)c(CNC3CC3)s2)C1. The van der Waals surface area contributed by atoms with E-state index in [0.717, 1.165) is 32.1 Å². The van der Waals surface area contributed by atoms with Crippen LogP contribution in [-0.2, 0) is 11.3 Å². The molecule has 1 atom stereocenters. The van der Waals surface area contributed by atoms with Crippen LogP contribution >= 0.6 is 11.3 Å². The molecule has 4 nitrogen and oxygen atoms in total. The average Bonchev–Trinajstić information content (AvgIpc) is 2.98. The van der Waals surface area contributed by atoms with E-state index >= 15 is 0 Å². The van der Waals surface area contributed by atoms with Gasteiger partial charge in [-0.1, -0.05) is 13.8 Å². The molecule has 0 aromatic carbocycles. The highest BCUT2D eigenvalue weighted by molar-refractivity contribution is 7.15. The summed E-state index contributed by atoms with van der Waals surface area (Å²) in [6.07, 6.45) is 4.16. The van der Waals surface area contributed by atoms with Crippen LogP contribution in [0.4, 0.5) is 5.13 Å². The molecule has 0 radical (unpaired) electrons. The monoisotopic (exact) mass is 295 g/mol. The van der Waals surface area contributed by atoms with Crippen molar-refractivity contribution in [3.05, 3.63) is 10.6 Å². The quantitative estimate of drug-likeness (QED) is 0.875. The first-order chi connectivity index (χ1) is 9.67. The van der Waals surface area contributed by atoms with Crippen molar-refractivity contribution in [2.24, 2.45) is 0 Å². The molecule has 1 aromatic heterocycles. The number of hydrogen-bond donors (Lipinski definition) is 1. The van der Waals surface area contributed by atoms with Crippen LogP contribution in [0.5, 0.6) is 0 Å². The number of hydrogen-bond acceptors (Lipinski definition) is 5. The molecule has 1 aliphatic carbocycles. The Morgan fingerprint density at radius 2 is 2.20 bits per heavy atom. The number of thiazole rings is 1. The highest BCUT2D eigenvalue weighted by Crippen LogP contribution is 2.33. The number of methoxy groups -OCH3 is 1. The highest BCUT2D eigenvalue weighted by Gasteiger charge is 2.27. The molecule has 3 rings (SSSR count). The van der Waals surface area contributed by atoms with Crippen LogP contribution in [0.3, 0.4) is 0 Å². The first-order valence-corrected chi connectivity index (χ1v) is 8.49. The molecule has 1 aliphatic heterocycles. The van der Waals surface area contributed by atoms with E-state index < -0.39 is 0 Å². The fraction of sp³-hybridized carbons (Fsp3) is 0.800. The van der Waals surface area contributed by atoms with Crippen molar-refractivity contribution in [3.8, 4) is 0 Å². The molecule has 0 bridgehead atoms. The average molecular weight is 295 g/mol. The second-order valence-electron chi connectivity index (χ2n) is 6.21. The first kappa shape index (κ1) is 14.3. The van der Waals surface area contributed by atoms with E-state index in [1.54, 1.807) is 7.11 Å². The van der Waals surface area contributed by atoms with Gasteiger partial charge in [0.05, 0.1) is 11.8 Å². The Kier molecular flexibility index (Phi) is 4.29. The van der Waals surface area contributed by atoms with Gasteiger partial charge < -0.3 is 15.0 Å². The molecule has 0 amide bonds. The summed E-state index contributed by atoms with van der Waals surface area (Å²) in [4.78, 5) is 8.71. The molecule has 2 aliphatic rings. The second kappa shape index (κ2) is 6.00. The third-order valence-corrected chi connectivity index (χ3v) is 5.27. The minimum atomic E-state index is 0.370. The third-order valence-electron chi connectivity index (χ3n) is 4.14. The summed E-state index contributed by atoms with van der Waals surface area (Å²) in [5.74, 6) is 0.497. The summed E-state index contributed by atoms with van der Waals surface area (Å²) in [6, 6.07) is 0.755. The van der Waals surface area contributed by atoms with Crippen molar-refractivity contribution in [1.82, 2.24) is 10.3 Å². The van der Waals surface area contributed by atoms with Crippen LogP contribution in [0.1, 0.15) is 49.6 Å². The third kappa shape index (κ3) is 3.15. The van der Waals surface area contributed by atoms with E-state index in [2.05, 4.69) is 24.1 Å². The van der Waals surface area contributed by atoms with Crippen molar-refractivity contribution in [2.75, 3.05) is 25.1 Å². The number of ether oxygens (including phenoxy) is 1. The van der Waals surface area contributed by atoms with E-state index in [1.165, 1.54) is 28.5 Å². The van der Waals surface area contributed by atoms with E-state index in [0.29, 0.717) is 12.0 Å². The van der Waals surface area contributed by atoms with Gasteiger partial charge in [0.1, 0.15) is 0 Å². The molecular weight excluding hydrogens is 270 g/mol. The lowest BCUT2D eigenvalue weighted by molar-refractivity contribution is 0.121. The van der Waals surface area contributed by atoms with Gasteiger partial charge in [-0.15, -0.1) is 11.3 Å². The summed E-state index contributed by atoms with van der Waals surface area (Å²) in [6.45, 7) is 7.51.